The van der Waals surface area contributed by atoms with Crippen molar-refractivity contribution in [2.45, 2.75) is 70.6 Å². The third kappa shape index (κ3) is 11.1. The second-order valence-corrected chi connectivity index (χ2v) is 9.47. The summed E-state index contributed by atoms with van der Waals surface area (Å²) in [6, 6.07) is 3.69. The second-order valence-electron chi connectivity index (χ2n) is 8.49. The highest BCUT2D eigenvalue weighted by Crippen LogP contribution is 2.23. The first-order valence-electron chi connectivity index (χ1n) is 11.9. The van der Waals surface area contributed by atoms with E-state index in [-0.39, 0.29) is 12.7 Å². The van der Waals surface area contributed by atoms with Crippen LogP contribution in [0.2, 0.25) is 0 Å². The van der Waals surface area contributed by atoms with Gasteiger partial charge in [0.1, 0.15) is 6.73 Å². The average Bonchev–Trinajstić information content (AvgIpc) is 2.83. The highest BCUT2D eigenvalue weighted by atomic mass is 32.2. The van der Waals surface area contributed by atoms with Crippen molar-refractivity contribution in [3.05, 3.63) is 24.5 Å². The van der Waals surface area contributed by atoms with Gasteiger partial charge >= 0.3 is 0 Å². The molecule has 33 heavy (non-hydrogen) atoms. The lowest BCUT2D eigenvalue weighted by Gasteiger charge is -2.23. The van der Waals surface area contributed by atoms with Gasteiger partial charge < -0.3 is 15.4 Å². The highest BCUT2D eigenvalue weighted by molar-refractivity contribution is 7.76. The molecule has 2 rings (SSSR count). The van der Waals surface area contributed by atoms with Gasteiger partial charge in [-0.1, -0.05) is 44.9 Å². The Morgan fingerprint density at radius 1 is 1.15 bits per heavy atom. The van der Waals surface area contributed by atoms with Gasteiger partial charge in [0, 0.05) is 31.2 Å². The van der Waals surface area contributed by atoms with Crippen molar-refractivity contribution < 1.29 is 13.5 Å². The summed E-state index contributed by atoms with van der Waals surface area (Å²) >= 11 is -2.00. The number of nitriles is 1. The molecule has 1 atom stereocenters. The number of nitrogens with two attached hydrogens (primary N) is 1. The van der Waals surface area contributed by atoms with Crippen LogP contribution in [0.1, 0.15) is 70.6 Å². The molecule has 10 heteroatoms. The molecule has 3 N–H and O–H groups in total. The predicted octanol–water partition coefficient (Wildman–Crippen LogP) is 4.02. The van der Waals surface area contributed by atoms with Gasteiger partial charge in [-0.2, -0.15) is 9.57 Å². The average molecular weight is 479 g/mol. The van der Waals surface area contributed by atoms with Crippen LogP contribution in [0.4, 0.5) is 5.69 Å². The van der Waals surface area contributed by atoms with Crippen molar-refractivity contribution in [1.29, 1.82) is 5.26 Å². The molecule has 0 aromatic carbocycles. The maximum absolute atomic E-state index is 11.6. The van der Waals surface area contributed by atoms with E-state index in [0.29, 0.717) is 25.6 Å². The van der Waals surface area contributed by atoms with E-state index in [4.69, 9.17) is 15.7 Å². The van der Waals surface area contributed by atoms with Crippen molar-refractivity contribution in [2.24, 2.45) is 16.6 Å². The summed E-state index contributed by atoms with van der Waals surface area (Å²) in [5, 5.41) is 8.80. The number of hydrogen-bond donors (Lipinski definition) is 2. The summed E-state index contributed by atoms with van der Waals surface area (Å²) in [6.07, 6.45) is 17.3. The minimum absolute atomic E-state index is 0.187. The zero-order valence-corrected chi connectivity index (χ0v) is 20.3. The third-order valence-electron chi connectivity index (χ3n) is 5.99. The number of pyridine rings is 1. The fourth-order valence-electron chi connectivity index (χ4n) is 4.14. The number of aromatic nitrogens is 1. The smallest absolute Gasteiger partial charge is 0.236 e. The molecular weight excluding hydrogens is 440 g/mol. The summed E-state index contributed by atoms with van der Waals surface area (Å²) < 4.78 is 28.3. The van der Waals surface area contributed by atoms with Crippen LogP contribution in [-0.2, 0) is 16.0 Å². The van der Waals surface area contributed by atoms with Crippen molar-refractivity contribution >= 4 is 22.9 Å². The Kier molecular flexibility index (Phi) is 13.6. The van der Waals surface area contributed by atoms with Crippen LogP contribution in [0, 0.1) is 17.4 Å². The van der Waals surface area contributed by atoms with Crippen molar-refractivity contribution in [3.63, 3.8) is 0 Å². The van der Waals surface area contributed by atoms with Crippen molar-refractivity contribution in [1.82, 2.24) is 9.29 Å². The summed E-state index contributed by atoms with van der Waals surface area (Å²) in [5.41, 5.74) is 6.81. The molecular formula is C23H38N6O3S. The molecule has 0 amide bonds. The van der Waals surface area contributed by atoms with Crippen molar-refractivity contribution in [3.8, 4) is 6.19 Å². The molecule has 0 bridgehead atoms. The molecule has 0 radical (unpaired) electrons. The lowest BCUT2D eigenvalue weighted by molar-refractivity contribution is 0.0374. The fourth-order valence-corrected chi connectivity index (χ4v) is 4.59. The molecule has 0 saturated heterocycles. The Hall–Kier alpha value is -2.06. The third-order valence-corrected chi connectivity index (χ3v) is 6.72. The number of rotatable bonds is 15. The Balaban J connectivity index is 1.58. The zero-order chi connectivity index (χ0) is 23.7. The first-order valence-corrected chi connectivity index (χ1v) is 13.0. The first-order chi connectivity index (χ1) is 16.1. The molecule has 0 aliphatic heterocycles. The lowest BCUT2D eigenvalue weighted by atomic mass is 9.90. The standard InChI is InChI=1S/C23H38N6O3S/c24-19-27-23(25)29(22-12-14-26-15-13-22)17-9-4-2-1-3-8-16-28(33(30)31)20-32-18-21-10-6-5-7-11-21/h12-15,21H,1-11,16-18,20H2,(H2,25,27)(H,30,31). The van der Waals surface area contributed by atoms with Crippen LogP contribution >= 0.6 is 0 Å². The SMILES string of the molecule is N#CN=C(N)N(CCCCCCCCN(COCC1CCCCC1)S(=O)O)c1ccncc1. The molecule has 1 saturated carbocycles. The van der Waals surface area contributed by atoms with E-state index in [1.807, 2.05) is 17.0 Å². The second kappa shape index (κ2) is 16.5. The summed E-state index contributed by atoms with van der Waals surface area (Å²) in [7, 11) is 0. The van der Waals surface area contributed by atoms with Gasteiger partial charge in [0.15, 0.2) is 0 Å². The number of ether oxygens (including phenoxy) is 1. The Bertz CT molecular complexity index is 752. The zero-order valence-electron chi connectivity index (χ0n) is 19.5. The van der Waals surface area contributed by atoms with Gasteiger partial charge in [0.05, 0.1) is 6.61 Å². The summed E-state index contributed by atoms with van der Waals surface area (Å²) in [5.74, 6) is 0.787. The molecule has 1 unspecified atom stereocenters. The number of guanidine groups is 1. The normalized spacial score (nSPS) is 16.0. The molecule has 1 heterocycles. The summed E-state index contributed by atoms with van der Waals surface area (Å²) in [4.78, 5) is 9.50. The maximum atomic E-state index is 11.6. The topological polar surface area (TPSA) is 128 Å². The van der Waals surface area contributed by atoms with E-state index in [0.717, 1.165) is 44.2 Å². The highest BCUT2D eigenvalue weighted by Gasteiger charge is 2.16. The van der Waals surface area contributed by atoms with Crippen LogP contribution in [0.15, 0.2) is 29.5 Å². The Morgan fingerprint density at radius 2 is 1.79 bits per heavy atom. The Labute approximate surface area is 200 Å². The summed E-state index contributed by atoms with van der Waals surface area (Å²) in [6.45, 7) is 2.14. The molecule has 1 aromatic rings. The van der Waals surface area contributed by atoms with Crippen LogP contribution in [-0.4, -0.2) is 50.4 Å². The van der Waals surface area contributed by atoms with E-state index in [1.54, 1.807) is 18.6 Å². The van der Waals surface area contributed by atoms with Crippen LogP contribution in [0.25, 0.3) is 0 Å². The largest absolute Gasteiger partial charge is 0.369 e. The van der Waals surface area contributed by atoms with Gasteiger partial charge in [0.2, 0.25) is 23.4 Å². The van der Waals surface area contributed by atoms with E-state index in [1.165, 1.54) is 36.4 Å². The Morgan fingerprint density at radius 3 is 2.42 bits per heavy atom. The van der Waals surface area contributed by atoms with E-state index in [9.17, 15) is 8.76 Å². The maximum Gasteiger partial charge on any atom is 0.236 e. The number of anilines is 1. The molecule has 0 spiro atoms. The molecule has 1 aliphatic rings. The van der Waals surface area contributed by atoms with Crippen LogP contribution in [0.3, 0.4) is 0 Å². The number of nitrogens with zero attached hydrogens (tertiary/aromatic N) is 5. The van der Waals surface area contributed by atoms with E-state index >= 15 is 0 Å². The predicted molar refractivity (Wildman–Crippen MR) is 131 cm³/mol. The lowest BCUT2D eigenvalue weighted by Crippen LogP contribution is -2.38. The van der Waals surface area contributed by atoms with Gasteiger partial charge in [-0.25, -0.2) is 4.21 Å². The number of hydrogen-bond acceptors (Lipinski definition) is 5. The fraction of sp³-hybridized carbons (Fsp3) is 0.696. The number of unbranched alkanes of at least 4 members (excludes halogenated alkanes) is 5. The molecule has 9 nitrogen and oxygen atoms in total. The van der Waals surface area contributed by atoms with Gasteiger partial charge in [-0.3, -0.25) is 9.54 Å². The molecule has 1 aromatic heterocycles. The molecule has 184 valence electrons. The first kappa shape index (κ1) is 27.2. The van der Waals surface area contributed by atoms with Gasteiger partial charge in [-0.15, -0.1) is 4.99 Å². The molecule has 1 fully saturated rings. The quantitative estimate of drug-likeness (QED) is 0.0973. The number of aliphatic imine (C=N–C) groups is 1. The van der Waals surface area contributed by atoms with E-state index in [2.05, 4.69) is 9.98 Å². The molecule has 1 aliphatic carbocycles. The van der Waals surface area contributed by atoms with Crippen LogP contribution < -0.4 is 10.6 Å². The monoisotopic (exact) mass is 478 g/mol. The van der Waals surface area contributed by atoms with Crippen LogP contribution in [0.5, 0.6) is 0 Å². The minimum atomic E-state index is -2.00. The van der Waals surface area contributed by atoms with E-state index < -0.39 is 11.3 Å². The van der Waals surface area contributed by atoms with Crippen molar-refractivity contribution in [2.75, 3.05) is 31.3 Å². The minimum Gasteiger partial charge on any atom is -0.369 e. The van der Waals surface area contributed by atoms with Gasteiger partial charge in [-0.05, 0) is 43.7 Å². The van der Waals surface area contributed by atoms with Gasteiger partial charge in [0.25, 0.3) is 0 Å².